The molecule has 3 rings (SSSR count). The molecule has 0 saturated heterocycles. The molecule has 3 aromatic rings. The normalized spacial score (nSPS) is 11.5. The average Bonchev–Trinajstić information content (AvgIpc) is 2.54. The van der Waals surface area contributed by atoms with Crippen molar-refractivity contribution in [1.29, 1.82) is 0 Å². The van der Waals surface area contributed by atoms with Crippen LogP contribution in [0.2, 0.25) is 0 Å². The van der Waals surface area contributed by atoms with Crippen molar-refractivity contribution >= 4 is 22.6 Å². The third-order valence-corrected chi connectivity index (χ3v) is 4.39. The first-order valence-electron chi connectivity index (χ1n) is 8.68. The van der Waals surface area contributed by atoms with Crippen molar-refractivity contribution in [2.45, 2.75) is 46.5 Å². The van der Waals surface area contributed by atoms with Gasteiger partial charge in [0.25, 0.3) is 0 Å². The van der Waals surface area contributed by atoms with Crippen LogP contribution in [0.15, 0.2) is 45.6 Å². The fourth-order valence-electron chi connectivity index (χ4n) is 3.04. The number of aromatic nitrogens is 1. The molecule has 25 heavy (non-hydrogen) atoms. The van der Waals surface area contributed by atoms with Crippen LogP contribution < -0.4 is 10.9 Å². The molecule has 0 radical (unpaired) electrons. The van der Waals surface area contributed by atoms with Gasteiger partial charge in [-0.15, -0.1) is 0 Å². The van der Waals surface area contributed by atoms with Crippen LogP contribution in [-0.2, 0) is 0 Å². The highest BCUT2D eigenvalue weighted by Crippen LogP contribution is 2.34. The summed E-state index contributed by atoms with van der Waals surface area (Å²) in [7, 11) is 0. The zero-order valence-electron chi connectivity index (χ0n) is 15.4. The van der Waals surface area contributed by atoms with Crippen molar-refractivity contribution in [3.8, 4) is 0 Å². The zero-order chi connectivity index (χ0) is 18.1. The highest BCUT2D eigenvalue weighted by molar-refractivity contribution is 5.79. The van der Waals surface area contributed by atoms with Gasteiger partial charge in [-0.2, -0.15) is 4.98 Å². The lowest BCUT2D eigenvalue weighted by molar-refractivity contribution is 0.521. The van der Waals surface area contributed by atoms with E-state index in [4.69, 9.17) is 4.42 Å². The Morgan fingerprint density at radius 3 is 2.24 bits per heavy atom. The Balaban J connectivity index is 2.14. The molecule has 2 aromatic carbocycles. The molecule has 0 saturated carbocycles. The van der Waals surface area contributed by atoms with Gasteiger partial charge < -0.3 is 9.73 Å². The van der Waals surface area contributed by atoms with Gasteiger partial charge in [-0.05, 0) is 47.6 Å². The van der Waals surface area contributed by atoms with Gasteiger partial charge in [0.2, 0.25) is 0 Å². The smallest absolute Gasteiger partial charge is 0.348 e. The molecule has 0 bridgehead atoms. The Hall–Kier alpha value is -2.62. The van der Waals surface area contributed by atoms with Crippen LogP contribution >= 0.6 is 0 Å². The van der Waals surface area contributed by atoms with Gasteiger partial charge in [-0.25, -0.2) is 4.79 Å². The van der Waals surface area contributed by atoms with E-state index < -0.39 is 0 Å². The highest BCUT2D eigenvalue weighted by Gasteiger charge is 2.16. The molecule has 0 fully saturated rings. The van der Waals surface area contributed by atoms with E-state index in [0.29, 0.717) is 22.7 Å². The lowest BCUT2D eigenvalue weighted by Gasteiger charge is -2.19. The second-order valence-corrected chi connectivity index (χ2v) is 7.07. The Labute approximate surface area is 147 Å². The van der Waals surface area contributed by atoms with Gasteiger partial charge in [0, 0.05) is 5.69 Å². The Kier molecular flexibility index (Phi) is 4.62. The van der Waals surface area contributed by atoms with E-state index in [-0.39, 0.29) is 11.6 Å². The van der Waals surface area contributed by atoms with Crippen molar-refractivity contribution in [2.75, 3.05) is 5.32 Å². The number of rotatable bonds is 4. The van der Waals surface area contributed by atoms with Crippen LogP contribution in [0.3, 0.4) is 0 Å². The van der Waals surface area contributed by atoms with Gasteiger partial charge in [0.15, 0.2) is 0 Å². The number of aryl methyl sites for hydroxylation is 1. The third kappa shape index (κ3) is 3.43. The molecule has 0 aliphatic carbocycles. The van der Waals surface area contributed by atoms with Crippen molar-refractivity contribution in [3.05, 3.63) is 63.5 Å². The molecule has 1 N–H and O–H groups in total. The van der Waals surface area contributed by atoms with Crippen LogP contribution in [-0.4, -0.2) is 4.98 Å². The quantitative estimate of drug-likeness (QED) is 0.685. The maximum absolute atomic E-state index is 12.3. The summed E-state index contributed by atoms with van der Waals surface area (Å²) in [6.07, 6.45) is 0. The summed E-state index contributed by atoms with van der Waals surface area (Å²) in [5, 5.41) is 3.78. The lowest BCUT2D eigenvalue weighted by atomic mass is 9.93. The van der Waals surface area contributed by atoms with E-state index in [0.717, 1.165) is 11.3 Å². The number of nitrogens with zero attached hydrogens (tertiary/aromatic N) is 1. The monoisotopic (exact) mass is 336 g/mol. The predicted octanol–water partition coefficient (Wildman–Crippen LogP) is 5.49. The lowest BCUT2D eigenvalue weighted by Crippen LogP contribution is -2.08. The summed E-state index contributed by atoms with van der Waals surface area (Å²) in [5.74, 6) is 0.686. The van der Waals surface area contributed by atoms with Crippen molar-refractivity contribution < 1.29 is 4.42 Å². The molecule has 0 unspecified atom stereocenters. The first-order chi connectivity index (χ1) is 11.9. The first kappa shape index (κ1) is 17.2. The molecule has 0 spiro atoms. The van der Waals surface area contributed by atoms with E-state index in [2.05, 4.69) is 56.2 Å². The summed E-state index contributed by atoms with van der Waals surface area (Å²) in [5.41, 5.74) is 4.67. The fourth-order valence-corrected chi connectivity index (χ4v) is 3.04. The van der Waals surface area contributed by atoms with E-state index in [1.54, 1.807) is 6.07 Å². The van der Waals surface area contributed by atoms with Crippen LogP contribution in [0.1, 0.15) is 56.2 Å². The topological polar surface area (TPSA) is 55.1 Å². The van der Waals surface area contributed by atoms with E-state index in [9.17, 15) is 4.79 Å². The molecule has 0 aliphatic rings. The van der Waals surface area contributed by atoms with E-state index in [1.807, 2.05) is 19.1 Å². The van der Waals surface area contributed by atoms with Crippen molar-refractivity contribution in [2.24, 2.45) is 0 Å². The fraction of sp³-hybridized carbons (Fsp3) is 0.333. The number of nitrogens with one attached hydrogen (secondary N) is 1. The molecular weight excluding hydrogens is 312 g/mol. The minimum absolute atomic E-state index is 0.234. The summed E-state index contributed by atoms with van der Waals surface area (Å²) in [4.78, 5) is 16.8. The number of benzene rings is 2. The highest BCUT2D eigenvalue weighted by atomic mass is 16.4. The average molecular weight is 336 g/mol. The van der Waals surface area contributed by atoms with Gasteiger partial charge in [0.05, 0.1) is 10.9 Å². The molecule has 0 amide bonds. The molecule has 1 heterocycles. The summed E-state index contributed by atoms with van der Waals surface area (Å²) < 4.78 is 5.43. The van der Waals surface area contributed by atoms with Gasteiger partial charge in [0.1, 0.15) is 0 Å². The molecule has 4 heteroatoms. The number of para-hydroxylation sites is 1. The van der Waals surface area contributed by atoms with Crippen molar-refractivity contribution in [3.63, 3.8) is 0 Å². The van der Waals surface area contributed by atoms with Gasteiger partial charge >= 0.3 is 11.6 Å². The Bertz CT molecular complexity index is 945. The van der Waals surface area contributed by atoms with Crippen LogP contribution in [0.5, 0.6) is 0 Å². The number of hydrogen-bond donors (Lipinski definition) is 1. The number of hydrogen-bond acceptors (Lipinski definition) is 4. The van der Waals surface area contributed by atoms with Crippen molar-refractivity contribution in [1.82, 2.24) is 4.98 Å². The van der Waals surface area contributed by atoms with Crippen LogP contribution in [0.4, 0.5) is 11.7 Å². The molecule has 4 nitrogen and oxygen atoms in total. The number of anilines is 2. The molecule has 130 valence electrons. The van der Waals surface area contributed by atoms with Crippen LogP contribution in [0.25, 0.3) is 10.9 Å². The van der Waals surface area contributed by atoms with E-state index >= 15 is 0 Å². The maximum Gasteiger partial charge on any atom is 0.348 e. The van der Waals surface area contributed by atoms with E-state index in [1.165, 1.54) is 11.1 Å². The second-order valence-electron chi connectivity index (χ2n) is 7.07. The Morgan fingerprint density at radius 1 is 1.00 bits per heavy atom. The Morgan fingerprint density at radius 2 is 1.64 bits per heavy atom. The molecule has 0 atom stereocenters. The largest absolute Gasteiger partial charge is 0.388 e. The minimum atomic E-state index is -0.374. The SMILES string of the molecule is Cc1ccc2c(=O)oc(Nc3c(C(C)C)cccc3C(C)C)nc2c1. The summed E-state index contributed by atoms with van der Waals surface area (Å²) in [6, 6.07) is 12.1. The first-order valence-corrected chi connectivity index (χ1v) is 8.68. The van der Waals surface area contributed by atoms with Crippen LogP contribution in [0, 0.1) is 6.92 Å². The minimum Gasteiger partial charge on any atom is -0.388 e. The summed E-state index contributed by atoms with van der Waals surface area (Å²) in [6.45, 7) is 10.6. The standard InChI is InChI=1S/C21H24N2O2/c1-12(2)15-7-6-8-16(13(3)4)19(15)23-21-22-18-11-14(5)9-10-17(18)20(24)25-21/h6-13H,1-5H3,(H,22,23). The molecule has 0 aliphatic heterocycles. The van der Waals surface area contributed by atoms with Gasteiger partial charge in [-0.1, -0.05) is 52.0 Å². The predicted molar refractivity (Wildman–Crippen MR) is 103 cm³/mol. The van der Waals surface area contributed by atoms with Gasteiger partial charge in [-0.3, -0.25) is 0 Å². The second kappa shape index (κ2) is 6.71. The molecule has 1 aromatic heterocycles. The zero-order valence-corrected chi connectivity index (χ0v) is 15.4. The third-order valence-electron chi connectivity index (χ3n) is 4.39. The maximum atomic E-state index is 12.3. The summed E-state index contributed by atoms with van der Waals surface area (Å²) >= 11 is 0. The number of fused-ring (bicyclic) bond motifs is 1. The molecular formula is C21H24N2O2.